The average molecular weight is 310 g/mol. The zero-order valence-corrected chi connectivity index (χ0v) is 14.6. The molecule has 1 aromatic rings. The molecular formula is C18H32NO3+. The molecule has 0 spiro atoms. The number of hydrogen-bond donors (Lipinski definition) is 1. The van der Waals surface area contributed by atoms with Crippen LogP contribution >= 0.6 is 0 Å². The summed E-state index contributed by atoms with van der Waals surface area (Å²) in [4.78, 5) is 0. The molecule has 0 unspecified atom stereocenters. The molecule has 4 nitrogen and oxygen atoms in total. The summed E-state index contributed by atoms with van der Waals surface area (Å²) in [7, 11) is 1.74. The molecular weight excluding hydrogens is 278 g/mol. The first-order chi connectivity index (χ1) is 10.6. The first kappa shape index (κ1) is 18.9. The third kappa shape index (κ3) is 7.78. The number of rotatable bonds is 12. The van der Waals surface area contributed by atoms with E-state index in [4.69, 9.17) is 14.2 Å². The van der Waals surface area contributed by atoms with Crippen molar-refractivity contribution in [1.29, 1.82) is 0 Å². The fraction of sp³-hybridized carbons (Fsp3) is 0.667. The van der Waals surface area contributed by atoms with Crippen molar-refractivity contribution in [2.24, 2.45) is 0 Å². The number of methoxy groups -OCH3 is 1. The zero-order valence-electron chi connectivity index (χ0n) is 14.6. The van der Waals surface area contributed by atoms with Crippen LogP contribution in [0.25, 0.3) is 0 Å². The maximum Gasteiger partial charge on any atom is 0.122 e. The molecule has 0 aliphatic rings. The van der Waals surface area contributed by atoms with Crippen LogP contribution in [0, 0.1) is 6.92 Å². The van der Waals surface area contributed by atoms with Crippen molar-refractivity contribution in [3.8, 4) is 5.75 Å². The van der Waals surface area contributed by atoms with Crippen molar-refractivity contribution >= 4 is 0 Å². The quantitative estimate of drug-likeness (QED) is 0.601. The molecule has 126 valence electrons. The van der Waals surface area contributed by atoms with Gasteiger partial charge in [0.15, 0.2) is 0 Å². The molecule has 4 heteroatoms. The number of ether oxygens (including phenoxy) is 3. The minimum Gasteiger partial charge on any atom is -0.491 e. The minimum atomic E-state index is 0.521. The number of nitrogens with two attached hydrogens (primary N) is 1. The highest BCUT2D eigenvalue weighted by Crippen LogP contribution is 2.24. The SMILES string of the molecule is COCCC[NH2+]CCOCCOc1cc(C(C)C)ccc1C. The molecule has 2 N–H and O–H groups in total. The molecule has 0 amide bonds. The second-order valence-corrected chi connectivity index (χ2v) is 5.85. The van der Waals surface area contributed by atoms with E-state index < -0.39 is 0 Å². The van der Waals surface area contributed by atoms with Gasteiger partial charge in [-0.1, -0.05) is 26.0 Å². The van der Waals surface area contributed by atoms with Gasteiger partial charge in [-0.3, -0.25) is 0 Å². The summed E-state index contributed by atoms with van der Waals surface area (Å²) < 4.78 is 16.4. The Morgan fingerprint density at radius 1 is 1.05 bits per heavy atom. The summed E-state index contributed by atoms with van der Waals surface area (Å²) in [6, 6.07) is 6.44. The second-order valence-electron chi connectivity index (χ2n) is 5.85. The van der Waals surface area contributed by atoms with Gasteiger partial charge >= 0.3 is 0 Å². The fourth-order valence-corrected chi connectivity index (χ4v) is 2.13. The lowest BCUT2D eigenvalue weighted by Crippen LogP contribution is -2.85. The Bertz CT molecular complexity index is 407. The Morgan fingerprint density at radius 2 is 1.86 bits per heavy atom. The summed E-state index contributed by atoms with van der Waals surface area (Å²) in [5.74, 6) is 1.49. The van der Waals surface area contributed by atoms with Crippen LogP contribution in [0.3, 0.4) is 0 Å². The molecule has 0 fully saturated rings. The van der Waals surface area contributed by atoms with Gasteiger partial charge in [0.05, 0.1) is 32.9 Å². The standard InChI is InChI=1S/C18H31NO3/c1-15(2)17-7-6-16(3)18(14-17)22-13-12-21-11-9-19-8-5-10-20-4/h6-7,14-15,19H,5,8-13H2,1-4H3/p+1. The number of quaternary nitrogens is 1. The summed E-state index contributed by atoms with van der Waals surface area (Å²) in [5, 5.41) is 2.26. The van der Waals surface area contributed by atoms with Crippen molar-refractivity contribution in [2.75, 3.05) is 46.6 Å². The van der Waals surface area contributed by atoms with E-state index in [1.54, 1.807) is 7.11 Å². The largest absolute Gasteiger partial charge is 0.491 e. The van der Waals surface area contributed by atoms with Gasteiger partial charge in [0.25, 0.3) is 0 Å². The van der Waals surface area contributed by atoms with Crippen molar-refractivity contribution < 1.29 is 19.5 Å². The number of benzene rings is 1. The van der Waals surface area contributed by atoms with Gasteiger partial charge < -0.3 is 19.5 Å². The molecule has 0 heterocycles. The van der Waals surface area contributed by atoms with Gasteiger partial charge in [-0.15, -0.1) is 0 Å². The van der Waals surface area contributed by atoms with Gasteiger partial charge in [-0.2, -0.15) is 0 Å². The van der Waals surface area contributed by atoms with Crippen LogP contribution in [0.4, 0.5) is 0 Å². The maximum atomic E-state index is 5.84. The van der Waals surface area contributed by atoms with Crippen LogP contribution in [0.2, 0.25) is 0 Å². The summed E-state index contributed by atoms with van der Waals surface area (Å²) in [6.45, 7) is 11.4. The van der Waals surface area contributed by atoms with Gasteiger partial charge in [-0.05, 0) is 30.0 Å². The lowest BCUT2D eigenvalue weighted by atomic mass is 10.0. The molecule has 0 bridgehead atoms. The lowest BCUT2D eigenvalue weighted by Gasteiger charge is -2.13. The third-order valence-electron chi connectivity index (χ3n) is 3.59. The van der Waals surface area contributed by atoms with Gasteiger partial charge in [-0.25, -0.2) is 0 Å². The van der Waals surface area contributed by atoms with Crippen LogP contribution in [0.5, 0.6) is 5.75 Å². The van der Waals surface area contributed by atoms with Gasteiger partial charge in [0.1, 0.15) is 12.4 Å². The molecule has 0 aliphatic carbocycles. The molecule has 1 aromatic carbocycles. The summed E-state index contributed by atoms with van der Waals surface area (Å²) >= 11 is 0. The third-order valence-corrected chi connectivity index (χ3v) is 3.59. The monoisotopic (exact) mass is 310 g/mol. The molecule has 0 radical (unpaired) electrons. The molecule has 0 aliphatic heterocycles. The molecule has 0 atom stereocenters. The first-order valence-corrected chi connectivity index (χ1v) is 8.26. The predicted octanol–water partition coefficient (Wildman–Crippen LogP) is 2.11. The van der Waals surface area contributed by atoms with E-state index in [9.17, 15) is 0 Å². The van der Waals surface area contributed by atoms with E-state index >= 15 is 0 Å². The Balaban J connectivity index is 2.11. The van der Waals surface area contributed by atoms with Crippen molar-refractivity contribution in [3.63, 3.8) is 0 Å². The second kappa shape index (κ2) is 11.5. The summed E-state index contributed by atoms with van der Waals surface area (Å²) in [5.41, 5.74) is 2.49. The fourth-order valence-electron chi connectivity index (χ4n) is 2.13. The van der Waals surface area contributed by atoms with E-state index in [1.807, 2.05) is 0 Å². The Morgan fingerprint density at radius 3 is 2.59 bits per heavy atom. The van der Waals surface area contributed by atoms with Crippen LogP contribution in [0.15, 0.2) is 18.2 Å². The van der Waals surface area contributed by atoms with Gasteiger partial charge in [0, 0.05) is 13.5 Å². The average Bonchev–Trinajstić information content (AvgIpc) is 2.50. The van der Waals surface area contributed by atoms with Crippen LogP contribution in [-0.4, -0.2) is 46.6 Å². The zero-order chi connectivity index (χ0) is 16.2. The van der Waals surface area contributed by atoms with E-state index in [0.717, 1.165) is 38.5 Å². The molecule has 0 aromatic heterocycles. The first-order valence-electron chi connectivity index (χ1n) is 8.26. The van der Waals surface area contributed by atoms with Crippen LogP contribution in [-0.2, 0) is 9.47 Å². The Kier molecular flexibility index (Phi) is 9.87. The maximum absolute atomic E-state index is 5.84. The van der Waals surface area contributed by atoms with Crippen molar-refractivity contribution in [1.82, 2.24) is 0 Å². The smallest absolute Gasteiger partial charge is 0.122 e. The van der Waals surface area contributed by atoms with Crippen molar-refractivity contribution in [2.45, 2.75) is 33.1 Å². The van der Waals surface area contributed by atoms with E-state index in [0.29, 0.717) is 19.1 Å². The van der Waals surface area contributed by atoms with E-state index in [-0.39, 0.29) is 0 Å². The number of hydrogen-bond acceptors (Lipinski definition) is 3. The van der Waals surface area contributed by atoms with E-state index in [1.165, 1.54) is 11.1 Å². The molecule has 22 heavy (non-hydrogen) atoms. The van der Waals surface area contributed by atoms with Crippen molar-refractivity contribution in [3.05, 3.63) is 29.3 Å². The minimum absolute atomic E-state index is 0.521. The highest BCUT2D eigenvalue weighted by Gasteiger charge is 2.04. The normalized spacial score (nSPS) is 11.1. The molecule has 0 saturated carbocycles. The van der Waals surface area contributed by atoms with Crippen LogP contribution < -0.4 is 10.1 Å². The van der Waals surface area contributed by atoms with E-state index in [2.05, 4.69) is 44.3 Å². The predicted molar refractivity (Wildman–Crippen MR) is 89.7 cm³/mol. The molecule has 1 rings (SSSR count). The molecule has 0 saturated heterocycles. The topological polar surface area (TPSA) is 44.3 Å². The Labute approximate surface area is 135 Å². The van der Waals surface area contributed by atoms with Crippen LogP contribution in [0.1, 0.15) is 37.3 Å². The number of aryl methyl sites for hydroxylation is 1. The highest BCUT2D eigenvalue weighted by atomic mass is 16.5. The Hall–Kier alpha value is -1.10. The van der Waals surface area contributed by atoms with Gasteiger partial charge in [0.2, 0.25) is 0 Å². The highest BCUT2D eigenvalue weighted by molar-refractivity contribution is 5.37. The summed E-state index contributed by atoms with van der Waals surface area (Å²) in [6.07, 6.45) is 1.09. The lowest BCUT2D eigenvalue weighted by molar-refractivity contribution is -0.656.